The topological polar surface area (TPSA) is 41.5 Å². The number of benzene rings is 1. The van der Waals surface area contributed by atoms with Crippen LogP contribution in [0, 0.1) is 0 Å². The van der Waals surface area contributed by atoms with Gasteiger partial charge in [-0.2, -0.15) is 0 Å². The summed E-state index contributed by atoms with van der Waals surface area (Å²) in [6, 6.07) is 12.8. The van der Waals surface area contributed by atoms with Gasteiger partial charge >= 0.3 is 0 Å². The van der Waals surface area contributed by atoms with Crippen molar-refractivity contribution in [1.82, 2.24) is 15.1 Å². The lowest BCUT2D eigenvalue weighted by Crippen LogP contribution is -2.47. The molecule has 0 spiro atoms. The minimum Gasteiger partial charge on any atom is -0.496 e. The number of ether oxygens (including phenoxy) is 1. The standard InChI is InChI=1S/C21H28N4O/c1-26-20-8-4-3-7-18(20)19-9-10-21(23-22-19)25-15-11-17(12-16-25)24-13-5-2-6-14-24/h3-4,7-10,17H,2,5-6,11-16H2,1H3. The fourth-order valence-electron chi connectivity index (χ4n) is 4.24. The van der Waals surface area contributed by atoms with Crippen LogP contribution in [0.3, 0.4) is 0 Å². The van der Waals surface area contributed by atoms with Crippen molar-refractivity contribution in [2.24, 2.45) is 0 Å². The Morgan fingerprint density at radius 3 is 2.35 bits per heavy atom. The summed E-state index contributed by atoms with van der Waals surface area (Å²) in [7, 11) is 1.69. The SMILES string of the molecule is COc1ccccc1-c1ccc(N2CCC(N3CCCCC3)CC2)nn1. The Balaban J connectivity index is 1.40. The van der Waals surface area contributed by atoms with E-state index in [0.29, 0.717) is 0 Å². The Morgan fingerprint density at radius 1 is 0.885 bits per heavy atom. The fourth-order valence-corrected chi connectivity index (χ4v) is 4.24. The molecule has 0 radical (unpaired) electrons. The van der Waals surface area contributed by atoms with Gasteiger partial charge in [-0.1, -0.05) is 18.6 Å². The van der Waals surface area contributed by atoms with E-state index in [0.717, 1.165) is 42.0 Å². The smallest absolute Gasteiger partial charge is 0.151 e. The molecule has 4 rings (SSSR count). The van der Waals surface area contributed by atoms with Crippen molar-refractivity contribution in [3.63, 3.8) is 0 Å². The maximum atomic E-state index is 5.43. The zero-order valence-corrected chi connectivity index (χ0v) is 15.6. The van der Waals surface area contributed by atoms with Gasteiger partial charge in [-0.15, -0.1) is 10.2 Å². The summed E-state index contributed by atoms with van der Waals surface area (Å²) in [6.07, 6.45) is 6.61. The number of nitrogens with zero attached hydrogens (tertiary/aromatic N) is 4. The predicted molar refractivity (Wildman–Crippen MR) is 105 cm³/mol. The van der Waals surface area contributed by atoms with E-state index in [1.165, 1.54) is 45.2 Å². The van der Waals surface area contributed by atoms with Crippen molar-refractivity contribution in [1.29, 1.82) is 0 Å². The van der Waals surface area contributed by atoms with Crippen LogP contribution in [0.1, 0.15) is 32.1 Å². The normalized spacial score (nSPS) is 19.5. The lowest BCUT2D eigenvalue weighted by atomic mass is 10.00. The lowest BCUT2D eigenvalue weighted by Gasteiger charge is -2.40. The van der Waals surface area contributed by atoms with Crippen molar-refractivity contribution in [2.45, 2.75) is 38.1 Å². The highest BCUT2D eigenvalue weighted by atomic mass is 16.5. The molecule has 3 heterocycles. The first kappa shape index (κ1) is 17.3. The molecule has 5 nitrogen and oxygen atoms in total. The van der Waals surface area contributed by atoms with Crippen LogP contribution in [-0.2, 0) is 0 Å². The van der Waals surface area contributed by atoms with Crippen molar-refractivity contribution >= 4 is 5.82 Å². The second-order valence-corrected chi connectivity index (χ2v) is 7.29. The van der Waals surface area contributed by atoms with E-state index in [-0.39, 0.29) is 0 Å². The average molecular weight is 352 g/mol. The maximum Gasteiger partial charge on any atom is 0.151 e. The van der Waals surface area contributed by atoms with E-state index < -0.39 is 0 Å². The summed E-state index contributed by atoms with van der Waals surface area (Å²) in [5.74, 6) is 1.82. The van der Waals surface area contributed by atoms with E-state index in [1.54, 1.807) is 7.11 Å². The number of hydrogen-bond acceptors (Lipinski definition) is 5. The number of methoxy groups -OCH3 is 1. The van der Waals surface area contributed by atoms with Gasteiger partial charge in [0.15, 0.2) is 5.82 Å². The van der Waals surface area contributed by atoms with E-state index in [2.05, 4.69) is 32.1 Å². The summed E-state index contributed by atoms with van der Waals surface area (Å²) >= 11 is 0. The first-order valence-corrected chi connectivity index (χ1v) is 9.81. The van der Waals surface area contributed by atoms with E-state index in [9.17, 15) is 0 Å². The third kappa shape index (κ3) is 3.68. The number of piperidine rings is 2. The molecular formula is C21H28N4O. The molecule has 2 saturated heterocycles. The van der Waals surface area contributed by atoms with Gasteiger partial charge in [0.1, 0.15) is 5.75 Å². The number of aromatic nitrogens is 2. The molecule has 138 valence electrons. The van der Waals surface area contributed by atoms with Crippen LogP contribution in [0.5, 0.6) is 5.75 Å². The molecule has 0 bridgehead atoms. The summed E-state index contributed by atoms with van der Waals surface area (Å²) in [4.78, 5) is 5.08. The predicted octanol–water partition coefficient (Wildman–Crippen LogP) is 3.61. The Hall–Kier alpha value is -2.14. The van der Waals surface area contributed by atoms with Crippen molar-refractivity contribution in [3.8, 4) is 17.0 Å². The molecule has 1 aromatic carbocycles. The molecule has 5 heteroatoms. The van der Waals surface area contributed by atoms with Gasteiger partial charge in [-0.25, -0.2) is 0 Å². The van der Waals surface area contributed by atoms with Crippen LogP contribution in [0.4, 0.5) is 5.82 Å². The van der Waals surface area contributed by atoms with Crippen LogP contribution in [0.15, 0.2) is 36.4 Å². The van der Waals surface area contributed by atoms with Crippen LogP contribution >= 0.6 is 0 Å². The highest BCUT2D eigenvalue weighted by Crippen LogP contribution is 2.29. The largest absolute Gasteiger partial charge is 0.496 e. The zero-order chi connectivity index (χ0) is 17.8. The van der Waals surface area contributed by atoms with Crippen LogP contribution in [0.25, 0.3) is 11.3 Å². The summed E-state index contributed by atoms with van der Waals surface area (Å²) in [5.41, 5.74) is 1.84. The van der Waals surface area contributed by atoms with E-state index in [4.69, 9.17) is 4.74 Å². The number of likely N-dealkylation sites (tertiary alicyclic amines) is 1. The molecule has 0 unspecified atom stereocenters. The molecular weight excluding hydrogens is 324 g/mol. The third-order valence-corrected chi connectivity index (χ3v) is 5.73. The molecule has 0 amide bonds. The minimum absolute atomic E-state index is 0.757. The monoisotopic (exact) mass is 352 g/mol. The van der Waals surface area contributed by atoms with Gasteiger partial charge in [-0.3, -0.25) is 0 Å². The van der Waals surface area contributed by atoms with Gasteiger partial charge in [0.25, 0.3) is 0 Å². The molecule has 2 aliphatic rings. The highest BCUT2D eigenvalue weighted by Gasteiger charge is 2.26. The zero-order valence-electron chi connectivity index (χ0n) is 15.6. The molecule has 0 atom stereocenters. The maximum absolute atomic E-state index is 5.43. The molecule has 1 aromatic heterocycles. The van der Waals surface area contributed by atoms with E-state index in [1.807, 2.05) is 24.3 Å². The number of para-hydroxylation sites is 1. The Kier molecular flexibility index (Phi) is 5.34. The van der Waals surface area contributed by atoms with Gasteiger partial charge in [0.05, 0.1) is 12.8 Å². The quantitative estimate of drug-likeness (QED) is 0.841. The highest BCUT2D eigenvalue weighted by molar-refractivity contribution is 5.67. The van der Waals surface area contributed by atoms with Crippen LogP contribution in [-0.4, -0.2) is 54.4 Å². The Bertz CT molecular complexity index is 704. The fraction of sp³-hybridized carbons (Fsp3) is 0.524. The molecule has 2 fully saturated rings. The first-order valence-electron chi connectivity index (χ1n) is 9.81. The summed E-state index contributed by atoms with van der Waals surface area (Å²) in [6.45, 7) is 4.73. The molecule has 2 aromatic rings. The van der Waals surface area contributed by atoms with Crippen molar-refractivity contribution in [2.75, 3.05) is 38.2 Å². The average Bonchev–Trinajstić information content (AvgIpc) is 2.74. The van der Waals surface area contributed by atoms with E-state index >= 15 is 0 Å². The molecule has 0 aliphatic carbocycles. The molecule has 0 N–H and O–H groups in total. The van der Waals surface area contributed by atoms with Crippen molar-refractivity contribution in [3.05, 3.63) is 36.4 Å². The summed E-state index contributed by atoms with van der Waals surface area (Å²) < 4.78 is 5.43. The third-order valence-electron chi connectivity index (χ3n) is 5.73. The molecule has 26 heavy (non-hydrogen) atoms. The second kappa shape index (κ2) is 8.04. The summed E-state index contributed by atoms with van der Waals surface area (Å²) in [5, 5.41) is 8.96. The van der Waals surface area contributed by atoms with Gasteiger partial charge in [0.2, 0.25) is 0 Å². The lowest BCUT2D eigenvalue weighted by molar-refractivity contribution is 0.141. The van der Waals surface area contributed by atoms with Crippen LogP contribution in [0.2, 0.25) is 0 Å². The van der Waals surface area contributed by atoms with Crippen molar-refractivity contribution < 1.29 is 4.74 Å². The Labute approximate surface area is 156 Å². The number of anilines is 1. The number of hydrogen-bond donors (Lipinski definition) is 0. The second-order valence-electron chi connectivity index (χ2n) is 7.29. The van der Waals surface area contributed by atoms with Gasteiger partial charge in [0, 0.05) is 24.7 Å². The Morgan fingerprint density at radius 2 is 1.65 bits per heavy atom. The van der Waals surface area contributed by atoms with Gasteiger partial charge < -0.3 is 14.5 Å². The van der Waals surface area contributed by atoms with Crippen LogP contribution < -0.4 is 9.64 Å². The minimum atomic E-state index is 0.757. The molecule has 2 aliphatic heterocycles. The van der Waals surface area contributed by atoms with Gasteiger partial charge in [-0.05, 0) is 63.0 Å². The molecule has 0 saturated carbocycles. The number of rotatable bonds is 4. The first-order chi connectivity index (χ1) is 12.8.